The topological polar surface area (TPSA) is 79.9 Å². The van der Waals surface area contributed by atoms with Gasteiger partial charge in [-0.15, -0.1) is 0 Å². The molecule has 2 aliphatic rings. The van der Waals surface area contributed by atoms with Crippen molar-refractivity contribution in [3.05, 3.63) is 0 Å². The van der Waals surface area contributed by atoms with Crippen molar-refractivity contribution >= 4 is 11.9 Å². The highest BCUT2D eigenvalue weighted by molar-refractivity contribution is 5.95. The molecule has 0 aromatic heterocycles. The van der Waals surface area contributed by atoms with Gasteiger partial charge in [-0.1, -0.05) is 6.42 Å². The van der Waals surface area contributed by atoms with Gasteiger partial charge in [-0.05, 0) is 40.2 Å². The molecule has 0 saturated carbocycles. The molecule has 3 amide bonds. The Balaban J connectivity index is 1.84. The van der Waals surface area contributed by atoms with Crippen LogP contribution in [-0.2, 0) is 14.3 Å². The monoisotopic (exact) mass is 313 g/mol. The van der Waals surface area contributed by atoms with E-state index in [9.17, 15) is 9.59 Å². The van der Waals surface area contributed by atoms with Gasteiger partial charge in [-0.3, -0.25) is 15.0 Å². The summed E-state index contributed by atoms with van der Waals surface area (Å²) in [7, 11) is 0. The first-order valence-electron chi connectivity index (χ1n) is 7.94. The zero-order valence-electron chi connectivity index (χ0n) is 13.7. The third kappa shape index (κ3) is 5.23. The van der Waals surface area contributed by atoms with E-state index in [0.717, 1.165) is 25.8 Å². The zero-order chi connectivity index (χ0) is 16.2. The zero-order valence-corrected chi connectivity index (χ0v) is 13.7. The summed E-state index contributed by atoms with van der Waals surface area (Å²) in [5.41, 5.74) is -0.371. The Morgan fingerprint density at radius 3 is 2.50 bits per heavy atom. The standard InChI is InChI=1S/C15H27N3O4/c1-15(2,3)17-14(20)16-12(19)10-18-7-5-4-6-11(18)13-21-8-9-22-13/h11,13H,4-10H2,1-3H3,(H2,16,17,19,20). The molecule has 2 saturated heterocycles. The molecule has 0 radical (unpaired) electrons. The van der Waals surface area contributed by atoms with Crippen LogP contribution in [0.3, 0.4) is 0 Å². The molecule has 2 rings (SSSR count). The molecule has 126 valence electrons. The molecule has 7 heteroatoms. The molecule has 2 heterocycles. The van der Waals surface area contributed by atoms with Crippen molar-refractivity contribution in [2.75, 3.05) is 26.3 Å². The second-order valence-corrected chi connectivity index (χ2v) is 6.90. The number of nitrogens with one attached hydrogen (secondary N) is 2. The molecule has 1 atom stereocenters. The van der Waals surface area contributed by atoms with Gasteiger partial charge in [-0.2, -0.15) is 0 Å². The first-order valence-corrected chi connectivity index (χ1v) is 7.94. The van der Waals surface area contributed by atoms with Gasteiger partial charge >= 0.3 is 6.03 Å². The number of urea groups is 1. The number of hydrogen-bond acceptors (Lipinski definition) is 5. The van der Waals surface area contributed by atoms with Crippen LogP contribution < -0.4 is 10.6 Å². The summed E-state index contributed by atoms with van der Waals surface area (Å²) in [4.78, 5) is 25.9. The minimum atomic E-state index is -0.459. The normalized spacial score (nSPS) is 24.2. The fourth-order valence-corrected chi connectivity index (χ4v) is 2.84. The molecule has 0 spiro atoms. The number of carbonyl (C=O) groups excluding carboxylic acids is 2. The van der Waals surface area contributed by atoms with Gasteiger partial charge in [0.1, 0.15) is 0 Å². The Bertz CT molecular complexity index is 402. The summed E-state index contributed by atoms with van der Waals surface area (Å²) in [5.74, 6) is -0.299. The van der Waals surface area contributed by atoms with Crippen LogP contribution in [0.2, 0.25) is 0 Å². The van der Waals surface area contributed by atoms with E-state index < -0.39 is 6.03 Å². The van der Waals surface area contributed by atoms with E-state index in [4.69, 9.17) is 9.47 Å². The molecular weight excluding hydrogens is 286 g/mol. The van der Waals surface area contributed by atoms with Crippen molar-refractivity contribution in [2.24, 2.45) is 0 Å². The summed E-state index contributed by atoms with van der Waals surface area (Å²) < 4.78 is 11.2. The molecule has 7 nitrogen and oxygen atoms in total. The lowest BCUT2D eigenvalue weighted by Crippen LogP contribution is -2.54. The fourth-order valence-electron chi connectivity index (χ4n) is 2.84. The minimum Gasteiger partial charge on any atom is -0.349 e. The number of rotatable bonds is 3. The second-order valence-electron chi connectivity index (χ2n) is 6.90. The van der Waals surface area contributed by atoms with Crippen molar-refractivity contribution in [3.8, 4) is 0 Å². The van der Waals surface area contributed by atoms with Gasteiger partial charge < -0.3 is 14.8 Å². The SMILES string of the molecule is CC(C)(C)NC(=O)NC(=O)CN1CCCCC1C1OCCO1. The average Bonchev–Trinajstić information content (AvgIpc) is 2.90. The molecular formula is C15H27N3O4. The molecule has 2 aliphatic heterocycles. The van der Waals surface area contributed by atoms with Crippen molar-refractivity contribution in [2.45, 2.75) is 57.9 Å². The molecule has 2 fully saturated rings. The lowest BCUT2D eigenvalue weighted by Gasteiger charge is -2.37. The summed E-state index contributed by atoms with van der Waals surface area (Å²) in [5, 5.41) is 5.10. The lowest BCUT2D eigenvalue weighted by molar-refractivity contribution is -0.130. The number of ether oxygens (including phenoxy) is 2. The van der Waals surface area contributed by atoms with Crippen LogP contribution in [0.4, 0.5) is 4.79 Å². The number of likely N-dealkylation sites (tertiary alicyclic amines) is 1. The van der Waals surface area contributed by atoms with E-state index in [1.807, 2.05) is 20.8 Å². The molecule has 0 aliphatic carbocycles. The first kappa shape index (κ1) is 17.2. The largest absolute Gasteiger partial charge is 0.349 e. The summed E-state index contributed by atoms with van der Waals surface area (Å²) in [6.45, 7) is 7.82. The molecule has 1 unspecified atom stereocenters. The maximum Gasteiger partial charge on any atom is 0.321 e. The Kier molecular flexibility index (Phi) is 5.77. The lowest BCUT2D eigenvalue weighted by atomic mass is 10.0. The quantitative estimate of drug-likeness (QED) is 0.807. The van der Waals surface area contributed by atoms with E-state index >= 15 is 0 Å². The molecule has 22 heavy (non-hydrogen) atoms. The third-order valence-corrected chi connectivity index (χ3v) is 3.71. The highest BCUT2D eigenvalue weighted by Gasteiger charge is 2.34. The number of nitrogens with zero attached hydrogens (tertiary/aromatic N) is 1. The predicted octanol–water partition coefficient (Wildman–Crippen LogP) is 0.838. The predicted molar refractivity (Wildman–Crippen MR) is 81.3 cm³/mol. The second kappa shape index (κ2) is 7.39. The van der Waals surface area contributed by atoms with Crippen LogP contribution in [0.1, 0.15) is 40.0 Å². The molecule has 0 bridgehead atoms. The van der Waals surface area contributed by atoms with Crippen LogP contribution in [0.5, 0.6) is 0 Å². The van der Waals surface area contributed by atoms with Gasteiger partial charge in [0.15, 0.2) is 6.29 Å². The van der Waals surface area contributed by atoms with Crippen molar-refractivity contribution < 1.29 is 19.1 Å². The third-order valence-electron chi connectivity index (χ3n) is 3.71. The Hall–Kier alpha value is -1.18. The van der Waals surface area contributed by atoms with Crippen molar-refractivity contribution in [1.82, 2.24) is 15.5 Å². The highest BCUT2D eigenvalue weighted by atomic mass is 16.7. The molecule has 0 aromatic carbocycles. The average molecular weight is 313 g/mol. The number of imide groups is 1. The number of hydrogen-bond donors (Lipinski definition) is 2. The first-order chi connectivity index (χ1) is 10.3. The van der Waals surface area contributed by atoms with E-state index in [1.165, 1.54) is 0 Å². The van der Waals surface area contributed by atoms with E-state index in [1.54, 1.807) is 0 Å². The van der Waals surface area contributed by atoms with Crippen molar-refractivity contribution in [3.63, 3.8) is 0 Å². The highest BCUT2D eigenvalue weighted by Crippen LogP contribution is 2.23. The number of piperidine rings is 1. The van der Waals surface area contributed by atoms with E-state index in [-0.39, 0.29) is 30.3 Å². The molecule has 0 aromatic rings. The van der Waals surface area contributed by atoms with Crippen LogP contribution in [0, 0.1) is 0 Å². The van der Waals surface area contributed by atoms with Crippen molar-refractivity contribution in [1.29, 1.82) is 0 Å². The van der Waals surface area contributed by atoms with Crippen LogP contribution in [0.25, 0.3) is 0 Å². The minimum absolute atomic E-state index is 0.0904. The van der Waals surface area contributed by atoms with E-state index in [0.29, 0.717) is 13.2 Å². The Morgan fingerprint density at radius 2 is 1.86 bits per heavy atom. The summed E-state index contributed by atoms with van der Waals surface area (Å²) in [6, 6.07) is -0.368. The Morgan fingerprint density at radius 1 is 1.18 bits per heavy atom. The maximum atomic E-state index is 12.1. The van der Waals surface area contributed by atoms with Gasteiger partial charge in [-0.25, -0.2) is 4.79 Å². The van der Waals surface area contributed by atoms with E-state index in [2.05, 4.69) is 15.5 Å². The van der Waals surface area contributed by atoms with Gasteiger partial charge in [0.25, 0.3) is 0 Å². The fraction of sp³-hybridized carbons (Fsp3) is 0.867. The Labute approximate surface area is 131 Å². The smallest absolute Gasteiger partial charge is 0.321 e. The van der Waals surface area contributed by atoms with Gasteiger partial charge in [0.05, 0.1) is 25.8 Å². The van der Waals surface area contributed by atoms with Crippen LogP contribution in [-0.4, -0.2) is 61.0 Å². The maximum absolute atomic E-state index is 12.1. The number of amides is 3. The van der Waals surface area contributed by atoms with Gasteiger partial charge in [0, 0.05) is 5.54 Å². The molecule has 2 N–H and O–H groups in total. The number of carbonyl (C=O) groups is 2. The summed E-state index contributed by atoms with van der Waals surface area (Å²) >= 11 is 0. The van der Waals surface area contributed by atoms with Gasteiger partial charge in [0.2, 0.25) is 5.91 Å². The summed E-state index contributed by atoms with van der Waals surface area (Å²) in [6.07, 6.45) is 2.85. The van der Waals surface area contributed by atoms with Crippen LogP contribution in [0.15, 0.2) is 0 Å². The van der Waals surface area contributed by atoms with Crippen LogP contribution >= 0.6 is 0 Å².